The fourth-order valence-electron chi connectivity index (χ4n) is 2.34. The highest BCUT2D eigenvalue weighted by Crippen LogP contribution is 2.17. The van der Waals surface area contributed by atoms with E-state index in [9.17, 15) is 0 Å². The molecule has 2 heteroatoms. The highest BCUT2D eigenvalue weighted by atomic mass is 16.3. The van der Waals surface area contributed by atoms with Crippen molar-refractivity contribution in [1.29, 1.82) is 0 Å². The molecular weight excluding hydrogens is 186 g/mol. The maximum atomic E-state index is 5.31. The molecule has 1 saturated carbocycles. The molecule has 0 saturated heterocycles. The smallest absolute Gasteiger partial charge is 0.105 e. The van der Waals surface area contributed by atoms with Gasteiger partial charge in [0.2, 0.25) is 0 Å². The van der Waals surface area contributed by atoms with Crippen molar-refractivity contribution in [3.05, 3.63) is 24.2 Å². The van der Waals surface area contributed by atoms with Gasteiger partial charge in [-0.05, 0) is 25.0 Å². The molecule has 0 aromatic carbocycles. The summed E-state index contributed by atoms with van der Waals surface area (Å²) in [6, 6.07) is 4.76. The third-order valence-corrected chi connectivity index (χ3v) is 3.24. The van der Waals surface area contributed by atoms with Gasteiger partial charge in [-0.3, -0.25) is 0 Å². The molecule has 84 valence electrons. The van der Waals surface area contributed by atoms with Crippen LogP contribution in [0.1, 0.15) is 44.3 Å². The fourth-order valence-corrected chi connectivity index (χ4v) is 2.34. The molecule has 0 spiro atoms. The van der Waals surface area contributed by atoms with E-state index in [1.807, 2.05) is 6.07 Å². The summed E-state index contributed by atoms with van der Waals surface area (Å²) in [5, 5.41) is 3.64. The van der Waals surface area contributed by atoms with Gasteiger partial charge in [-0.2, -0.15) is 0 Å². The van der Waals surface area contributed by atoms with E-state index in [1.54, 1.807) is 6.26 Å². The number of furan rings is 1. The van der Waals surface area contributed by atoms with Crippen LogP contribution in [0.2, 0.25) is 0 Å². The zero-order valence-corrected chi connectivity index (χ0v) is 9.37. The first-order chi connectivity index (χ1) is 7.45. The van der Waals surface area contributed by atoms with Crippen LogP contribution in [0, 0.1) is 0 Å². The third-order valence-electron chi connectivity index (χ3n) is 3.24. The van der Waals surface area contributed by atoms with Crippen molar-refractivity contribution >= 4 is 0 Å². The maximum Gasteiger partial charge on any atom is 0.105 e. The average molecular weight is 207 g/mol. The summed E-state index contributed by atoms with van der Waals surface area (Å²) < 4.78 is 5.31. The lowest BCUT2D eigenvalue weighted by Gasteiger charge is -2.15. The van der Waals surface area contributed by atoms with Crippen molar-refractivity contribution in [3.8, 4) is 0 Å². The number of rotatable bonds is 4. The summed E-state index contributed by atoms with van der Waals surface area (Å²) in [7, 11) is 0. The normalized spacial score (nSPS) is 18.9. The molecule has 1 N–H and O–H groups in total. The van der Waals surface area contributed by atoms with E-state index < -0.39 is 0 Å². The van der Waals surface area contributed by atoms with Crippen LogP contribution >= 0.6 is 0 Å². The largest absolute Gasteiger partial charge is 0.469 e. The minimum atomic E-state index is 0.752. The van der Waals surface area contributed by atoms with E-state index in [-0.39, 0.29) is 0 Å². The lowest BCUT2D eigenvalue weighted by molar-refractivity contribution is 0.442. The zero-order valence-electron chi connectivity index (χ0n) is 9.37. The summed E-state index contributed by atoms with van der Waals surface area (Å²) in [4.78, 5) is 0. The van der Waals surface area contributed by atoms with Crippen molar-refractivity contribution in [2.45, 2.75) is 51.0 Å². The molecule has 2 nitrogen and oxygen atoms in total. The Morgan fingerprint density at radius 2 is 2.00 bits per heavy atom. The maximum absolute atomic E-state index is 5.31. The van der Waals surface area contributed by atoms with Crippen molar-refractivity contribution in [2.75, 3.05) is 6.54 Å². The Morgan fingerprint density at radius 1 is 1.20 bits per heavy atom. The minimum Gasteiger partial charge on any atom is -0.469 e. The quantitative estimate of drug-likeness (QED) is 0.767. The third kappa shape index (κ3) is 3.71. The van der Waals surface area contributed by atoms with Crippen molar-refractivity contribution in [3.63, 3.8) is 0 Å². The van der Waals surface area contributed by atoms with E-state index in [4.69, 9.17) is 4.42 Å². The van der Waals surface area contributed by atoms with Gasteiger partial charge < -0.3 is 9.73 Å². The lowest BCUT2D eigenvalue weighted by Crippen LogP contribution is -2.30. The van der Waals surface area contributed by atoms with Crippen molar-refractivity contribution < 1.29 is 4.42 Å². The van der Waals surface area contributed by atoms with E-state index in [0.717, 1.165) is 24.8 Å². The summed E-state index contributed by atoms with van der Waals surface area (Å²) in [6.07, 6.45) is 11.1. The fraction of sp³-hybridized carbons (Fsp3) is 0.692. The molecule has 0 unspecified atom stereocenters. The Balaban J connectivity index is 1.64. The molecule has 1 heterocycles. The Morgan fingerprint density at radius 3 is 2.67 bits per heavy atom. The molecular formula is C13H21NO. The van der Waals surface area contributed by atoms with Crippen LogP contribution < -0.4 is 5.32 Å². The van der Waals surface area contributed by atoms with Crippen molar-refractivity contribution in [2.24, 2.45) is 0 Å². The molecule has 2 rings (SSSR count). The number of hydrogen-bond donors (Lipinski definition) is 1. The standard InChI is InChI=1S/C13H21NO/c1-2-4-7-12(6-3-1)14-10-9-13-8-5-11-15-13/h5,8,11-12,14H,1-4,6-7,9-10H2. The van der Waals surface area contributed by atoms with Gasteiger partial charge in [-0.15, -0.1) is 0 Å². The van der Waals surface area contributed by atoms with Crippen LogP contribution in [0.15, 0.2) is 22.8 Å². The molecule has 0 radical (unpaired) electrons. The van der Waals surface area contributed by atoms with Gasteiger partial charge in [0.15, 0.2) is 0 Å². The monoisotopic (exact) mass is 207 g/mol. The summed E-state index contributed by atoms with van der Waals surface area (Å²) in [5.41, 5.74) is 0. The van der Waals surface area contributed by atoms with Crippen LogP contribution in [0.4, 0.5) is 0 Å². The molecule has 0 bridgehead atoms. The molecule has 1 aliphatic carbocycles. The molecule has 0 amide bonds. The molecule has 0 atom stereocenters. The summed E-state index contributed by atoms with van der Waals surface area (Å²) >= 11 is 0. The van der Waals surface area contributed by atoms with Crippen LogP contribution in [-0.2, 0) is 6.42 Å². The van der Waals surface area contributed by atoms with Crippen LogP contribution in [0.5, 0.6) is 0 Å². The lowest BCUT2D eigenvalue weighted by atomic mass is 10.1. The topological polar surface area (TPSA) is 25.2 Å². The Hall–Kier alpha value is -0.760. The number of hydrogen-bond acceptors (Lipinski definition) is 2. The second-order valence-electron chi connectivity index (χ2n) is 4.47. The zero-order chi connectivity index (χ0) is 10.3. The van der Waals surface area contributed by atoms with Gasteiger partial charge in [0.1, 0.15) is 5.76 Å². The van der Waals surface area contributed by atoms with Gasteiger partial charge in [0, 0.05) is 19.0 Å². The summed E-state index contributed by atoms with van der Waals surface area (Å²) in [6.45, 7) is 1.05. The molecule has 15 heavy (non-hydrogen) atoms. The minimum absolute atomic E-state index is 0.752. The second-order valence-corrected chi connectivity index (χ2v) is 4.47. The SMILES string of the molecule is c1coc(CCNC2CCCCCC2)c1. The highest BCUT2D eigenvalue weighted by Gasteiger charge is 2.10. The van der Waals surface area contributed by atoms with Crippen molar-refractivity contribution in [1.82, 2.24) is 5.32 Å². The Bertz CT molecular complexity index is 248. The Kier molecular flexibility index (Phi) is 4.27. The van der Waals surface area contributed by atoms with Gasteiger partial charge in [0.25, 0.3) is 0 Å². The van der Waals surface area contributed by atoms with Gasteiger partial charge in [-0.25, -0.2) is 0 Å². The first-order valence-electron chi connectivity index (χ1n) is 6.21. The number of nitrogens with one attached hydrogen (secondary N) is 1. The first-order valence-corrected chi connectivity index (χ1v) is 6.21. The van der Waals surface area contributed by atoms with Gasteiger partial charge in [0.05, 0.1) is 6.26 Å². The highest BCUT2D eigenvalue weighted by molar-refractivity contribution is 4.98. The Labute approximate surface area is 92.1 Å². The van der Waals surface area contributed by atoms with E-state index in [0.29, 0.717) is 0 Å². The molecule has 1 fully saturated rings. The van der Waals surface area contributed by atoms with E-state index in [2.05, 4.69) is 11.4 Å². The van der Waals surface area contributed by atoms with Gasteiger partial charge >= 0.3 is 0 Å². The van der Waals surface area contributed by atoms with Gasteiger partial charge in [-0.1, -0.05) is 25.7 Å². The van der Waals surface area contributed by atoms with E-state index >= 15 is 0 Å². The molecule has 1 aliphatic rings. The van der Waals surface area contributed by atoms with Crippen LogP contribution in [-0.4, -0.2) is 12.6 Å². The summed E-state index contributed by atoms with van der Waals surface area (Å²) in [5.74, 6) is 1.09. The predicted octanol–water partition coefficient (Wildman–Crippen LogP) is 3.13. The second kappa shape index (κ2) is 5.96. The molecule has 1 aromatic heterocycles. The predicted molar refractivity (Wildman–Crippen MR) is 61.9 cm³/mol. The first kappa shape index (κ1) is 10.7. The molecule has 0 aliphatic heterocycles. The van der Waals surface area contributed by atoms with Crippen LogP contribution in [0.3, 0.4) is 0 Å². The van der Waals surface area contributed by atoms with Crippen LogP contribution in [0.25, 0.3) is 0 Å². The van der Waals surface area contributed by atoms with E-state index in [1.165, 1.54) is 38.5 Å². The average Bonchev–Trinajstić information content (AvgIpc) is 2.62. The molecule has 1 aromatic rings.